The summed E-state index contributed by atoms with van der Waals surface area (Å²) in [5.74, 6) is -0.575. The summed E-state index contributed by atoms with van der Waals surface area (Å²) in [5, 5.41) is 13.4. The van der Waals surface area contributed by atoms with Crippen LogP contribution in [0, 0.1) is 11.8 Å². The first-order valence-electron chi connectivity index (χ1n) is 8.97. The lowest BCUT2D eigenvalue weighted by Gasteiger charge is -2.35. The Kier molecular flexibility index (Phi) is 5.20. The standard InChI is InChI=1S/C18H25N3O4/c1-11(2)15-19-16(25-20-15)12-6-5-9-21(10-12)17(22)13-7-3-4-8-14(13)18(23)24/h3-4,11-14H,5-10H2,1-2H3,(H,23,24). The van der Waals surface area contributed by atoms with Crippen molar-refractivity contribution in [1.29, 1.82) is 0 Å². The summed E-state index contributed by atoms with van der Waals surface area (Å²) in [6.45, 7) is 5.19. The monoisotopic (exact) mass is 347 g/mol. The lowest BCUT2D eigenvalue weighted by Crippen LogP contribution is -2.45. The predicted molar refractivity (Wildman–Crippen MR) is 89.9 cm³/mol. The summed E-state index contributed by atoms with van der Waals surface area (Å²) in [5.41, 5.74) is 0. The van der Waals surface area contributed by atoms with E-state index in [1.54, 1.807) is 4.90 Å². The van der Waals surface area contributed by atoms with E-state index < -0.39 is 17.8 Å². The molecule has 0 saturated carbocycles. The van der Waals surface area contributed by atoms with Gasteiger partial charge in [0.2, 0.25) is 11.8 Å². The van der Waals surface area contributed by atoms with Crippen molar-refractivity contribution in [3.63, 3.8) is 0 Å². The molecule has 0 aromatic carbocycles. The van der Waals surface area contributed by atoms with Crippen LogP contribution < -0.4 is 0 Å². The van der Waals surface area contributed by atoms with Crippen LogP contribution in [0.2, 0.25) is 0 Å². The van der Waals surface area contributed by atoms with E-state index in [1.165, 1.54) is 0 Å². The average Bonchev–Trinajstić information content (AvgIpc) is 3.11. The molecule has 25 heavy (non-hydrogen) atoms. The highest BCUT2D eigenvalue weighted by Crippen LogP contribution is 2.32. The van der Waals surface area contributed by atoms with Crippen molar-refractivity contribution in [2.75, 3.05) is 13.1 Å². The number of hydrogen-bond acceptors (Lipinski definition) is 5. The third kappa shape index (κ3) is 3.75. The highest BCUT2D eigenvalue weighted by molar-refractivity contribution is 5.85. The van der Waals surface area contributed by atoms with Gasteiger partial charge in [-0.15, -0.1) is 0 Å². The van der Waals surface area contributed by atoms with E-state index in [0.29, 0.717) is 37.6 Å². The largest absolute Gasteiger partial charge is 0.481 e. The van der Waals surface area contributed by atoms with Gasteiger partial charge in [-0.3, -0.25) is 9.59 Å². The Morgan fingerprint density at radius 2 is 2.00 bits per heavy atom. The molecule has 1 aliphatic heterocycles. The maximum Gasteiger partial charge on any atom is 0.307 e. The molecule has 7 heteroatoms. The Balaban J connectivity index is 1.70. The van der Waals surface area contributed by atoms with Crippen LogP contribution in [0.1, 0.15) is 63.1 Å². The summed E-state index contributed by atoms with van der Waals surface area (Å²) >= 11 is 0. The van der Waals surface area contributed by atoms with E-state index in [-0.39, 0.29) is 17.7 Å². The SMILES string of the molecule is CC(C)c1noc(C2CCCN(C(=O)C3CC=CCC3C(=O)O)C2)n1. The van der Waals surface area contributed by atoms with Gasteiger partial charge in [0, 0.05) is 19.0 Å². The lowest BCUT2D eigenvalue weighted by atomic mass is 9.81. The molecule has 7 nitrogen and oxygen atoms in total. The van der Waals surface area contributed by atoms with Gasteiger partial charge in [0.05, 0.1) is 17.8 Å². The first-order chi connectivity index (χ1) is 12.0. The molecule has 3 unspecified atom stereocenters. The van der Waals surface area contributed by atoms with Crippen molar-refractivity contribution < 1.29 is 19.2 Å². The quantitative estimate of drug-likeness (QED) is 0.841. The summed E-state index contributed by atoms with van der Waals surface area (Å²) in [6, 6.07) is 0. The molecule has 1 aliphatic carbocycles. The Morgan fingerprint density at radius 1 is 1.28 bits per heavy atom. The van der Waals surface area contributed by atoms with Crippen molar-refractivity contribution in [3.8, 4) is 0 Å². The van der Waals surface area contributed by atoms with Crippen LogP contribution in [0.5, 0.6) is 0 Å². The zero-order valence-electron chi connectivity index (χ0n) is 14.7. The molecule has 2 heterocycles. The molecule has 0 spiro atoms. The van der Waals surface area contributed by atoms with Gasteiger partial charge in [-0.2, -0.15) is 4.98 Å². The second-order valence-electron chi connectivity index (χ2n) is 7.26. The second kappa shape index (κ2) is 7.37. The molecule has 1 amide bonds. The molecule has 1 fully saturated rings. The van der Waals surface area contributed by atoms with E-state index in [0.717, 1.165) is 12.8 Å². The minimum Gasteiger partial charge on any atom is -0.481 e. The molecule has 1 saturated heterocycles. The van der Waals surface area contributed by atoms with Crippen molar-refractivity contribution in [3.05, 3.63) is 23.9 Å². The van der Waals surface area contributed by atoms with Gasteiger partial charge in [0.1, 0.15) is 0 Å². The number of aliphatic carboxylic acids is 1. The highest BCUT2D eigenvalue weighted by Gasteiger charge is 2.38. The summed E-state index contributed by atoms with van der Waals surface area (Å²) < 4.78 is 5.39. The first-order valence-corrected chi connectivity index (χ1v) is 8.97. The van der Waals surface area contributed by atoms with Crippen LogP contribution in [-0.2, 0) is 9.59 Å². The Labute approximate surface area is 147 Å². The number of hydrogen-bond donors (Lipinski definition) is 1. The summed E-state index contributed by atoms with van der Waals surface area (Å²) in [7, 11) is 0. The minimum absolute atomic E-state index is 0.0279. The second-order valence-corrected chi connectivity index (χ2v) is 7.26. The van der Waals surface area contributed by atoms with Crippen LogP contribution in [0.4, 0.5) is 0 Å². The highest BCUT2D eigenvalue weighted by atomic mass is 16.5. The number of carbonyl (C=O) groups is 2. The fourth-order valence-electron chi connectivity index (χ4n) is 3.62. The molecule has 136 valence electrons. The Bertz CT molecular complexity index is 667. The van der Waals surface area contributed by atoms with Crippen LogP contribution in [0.15, 0.2) is 16.7 Å². The van der Waals surface area contributed by atoms with Crippen LogP contribution in [0.3, 0.4) is 0 Å². The average molecular weight is 347 g/mol. The Hall–Kier alpha value is -2.18. The molecule has 0 radical (unpaired) electrons. The van der Waals surface area contributed by atoms with Gasteiger partial charge in [-0.05, 0) is 25.7 Å². The lowest BCUT2D eigenvalue weighted by molar-refractivity contribution is -0.151. The fraction of sp³-hybridized carbons (Fsp3) is 0.667. The number of carboxylic acids is 1. The summed E-state index contributed by atoms with van der Waals surface area (Å²) in [6.07, 6.45) is 6.44. The molecule has 1 aromatic rings. The number of nitrogens with zero attached hydrogens (tertiary/aromatic N) is 3. The number of carbonyl (C=O) groups excluding carboxylic acids is 1. The minimum atomic E-state index is -0.894. The van der Waals surface area contributed by atoms with Gasteiger partial charge in [-0.1, -0.05) is 31.2 Å². The smallest absolute Gasteiger partial charge is 0.307 e. The number of rotatable bonds is 4. The zero-order valence-corrected chi connectivity index (χ0v) is 14.7. The third-order valence-electron chi connectivity index (χ3n) is 5.12. The molecule has 3 atom stereocenters. The first kappa shape index (κ1) is 17.6. The molecule has 1 aromatic heterocycles. The third-order valence-corrected chi connectivity index (χ3v) is 5.12. The van der Waals surface area contributed by atoms with E-state index in [4.69, 9.17) is 4.52 Å². The van der Waals surface area contributed by atoms with E-state index in [1.807, 2.05) is 26.0 Å². The van der Waals surface area contributed by atoms with Gasteiger partial charge >= 0.3 is 5.97 Å². The number of carboxylic acid groups (broad SMARTS) is 1. The van der Waals surface area contributed by atoms with E-state index in [9.17, 15) is 14.7 Å². The van der Waals surface area contributed by atoms with E-state index in [2.05, 4.69) is 10.1 Å². The number of aromatic nitrogens is 2. The number of piperidine rings is 1. The van der Waals surface area contributed by atoms with Gasteiger partial charge < -0.3 is 14.5 Å². The van der Waals surface area contributed by atoms with Crippen LogP contribution in [-0.4, -0.2) is 45.1 Å². The number of likely N-dealkylation sites (tertiary alicyclic amines) is 1. The number of amides is 1. The van der Waals surface area contributed by atoms with Gasteiger partial charge in [0.25, 0.3) is 0 Å². The number of allylic oxidation sites excluding steroid dienone is 2. The molecule has 0 bridgehead atoms. The fourth-order valence-corrected chi connectivity index (χ4v) is 3.62. The maximum atomic E-state index is 12.9. The molecular weight excluding hydrogens is 322 g/mol. The van der Waals surface area contributed by atoms with Gasteiger partial charge in [0.15, 0.2) is 5.82 Å². The predicted octanol–water partition coefficient (Wildman–Crippen LogP) is 2.57. The molecule has 3 rings (SSSR count). The zero-order chi connectivity index (χ0) is 18.0. The van der Waals surface area contributed by atoms with Crippen LogP contribution >= 0.6 is 0 Å². The maximum absolute atomic E-state index is 12.9. The van der Waals surface area contributed by atoms with E-state index >= 15 is 0 Å². The van der Waals surface area contributed by atoms with Crippen molar-refractivity contribution in [2.45, 2.75) is 51.4 Å². The van der Waals surface area contributed by atoms with Crippen molar-refractivity contribution in [2.24, 2.45) is 11.8 Å². The van der Waals surface area contributed by atoms with Gasteiger partial charge in [-0.25, -0.2) is 0 Å². The molecule has 2 aliphatic rings. The van der Waals surface area contributed by atoms with Crippen molar-refractivity contribution >= 4 is 11.9 Å². The molecule has 1 N–H and O–H groups in total. The normalized spacial score (nSPS) is 26.8. The topological polar surface area (TPSA) is 96.5 Å². The molecular formula is C18H25N3O4. The van der Waals surface area contributed by atoms with Crippen molar-refractivity contribution in [1.82, 2.24) is 15.0 Å². The summed E-state index contributed by atoms with van der Waals surface area (Å²) in [4.78, 5) is 30.6. The Morgan fingerprint density at radius 3 is 2.64 bits per heavy atom. The van der Waals surface area contributed by atoms with Crippen LogP contribution in [0.25, 0.3) is 0 Å².